The molecule has 0 saturated heterocycles. The zero-order chi connectivity index (χ0) is 32.3. The van der Waals surface area contributed by atoms with E-state index >= 15 is 0 Å². The molecule has 0 bridgehead atoms. The maximum Gasteiger partial charge on any atom is 0.272 e. The molecule has 1 atom stereocenters. The van der Waals surface area contributed by atoms with Crippen molar-refractivity contribution in [3.05, 3.63) is 143 Å². The highest BCUT2D eigenvalue weighted by Gasteiger charge is 2.22. The number of thioether (sulfide) groups is 1. The third-order valence-corrected chi connectivity index (χ3v) is 9.15. The third kappa shape index (κ3) is 8.18. The standard InChI is InChI=1S/C37H30N4O3S2/c1-2-33(36(44)41-37-30(23-38)31(24-45-37)26-15-8-4-9-16-26)46-29-20-12-19-28(22-29)39-35(43)32(21-25-13-6-3-7-14-25)40-34(42)27-17-10-5-11-18-27/h3-22,24,33H,2H2,1H3,(H,39,43)(H,40,42)(H,41,44)/b32-21-. The average Bonchev–Trinajstić information content (AvgIpc) is 3.50. The van der Waals surface area contributed by atoms with E-state index in [-0.39, 0.29) is 11.6 Å². The molecule has 5 rings (SSSR count). The molecule has 0 spiro atoms. The molecular formula is C37H30N4O3S2. The van der Waals surface area contributed by atoms with Crippen LogP contribution in [0, 0.1) is 11.3 Å². The van der Waals surface area contributed by atoms with Crippen LogP contribution in [0.25, 0.3) is 17.2 Å². The van der Waals surface area contributed by atoms with E-state index in [0.29, 0.717) is 28.2 Å². The molecular weight excluding hydrogens is 613 g/mol. The zero-order valence-corrected chi connectivity index (χ0v) is 26.5. The summed E-state index contributed by atoms with van der Waals surface area (Å²) in [6.07, 6.45) is 2.16. The second-order valence-corrected chi connectivity index (χ2v) is 12.3. The molecule has 228 valence electrons. The topological polar surface area (TPSA) is 111 Å². The maximum atomic E-state index is 13.5. The first-order valence-electron chi connectivity index (χ1n) is 14.5. The van der Waals surface area contributed by atoms with Gasteiger partial charge in [-0.3, -0.25) is 14.4 Å². The van der Waals surface area contributed by atoms with Crippen LogP contribution in [0.1, 0.15) is 34.8 Å². The Morgan fingerprint density at radius 3 is 2.22 bits per heavy atom. The Labute approximate surface area is 276 Å². The van der Waals surface area contributed by atoms with Crippen LogP contribution in [0.4, 0.5) is 10.7 Å². The van der Waals surface area contributed by atoms with E-state index in [0.717, 1.165) is 21.6 Å². The van der Waals surface area contributed by atoms with Crippen molar-refractivity contribution < 1.29 is 14.4 Å². The van der Waals surface area contributed by atoms with Gasteiger partial charge in [0.15, 0.2) is 0 Å². The summed E-state index contributed by atoms with van der Waals surface area (Å²) in [5, 5.41) is 20.4. The summed E-state index contributed by atoms with van der Waals surface area (Å²) in [6, 6.07) is 37.0. The lowest BCUT2D eigenvalue weighted by Crippen LogP contribution is -2.30. The van der Waals surface area contributed by atoms with E-state index in [9.17, 15) is 19.6 Å². The Morgan fingerprint density at radius 1 is 0.870 bits per heavy atom. The fourth-order valence-electron chi connectivity index (χ4n) is 4.57. The molecule has 3 amide bonds. The molecule has 7 nitrogen and oxygen atoms in total. The minimum Gasteiger partial charge on any atom is -0.321 e. The summed E-state index contributed by atoms with van der Waals surface area (Å²) < 4.78 is 0. The van der Waals surface area contributed by atoms with Gasteiger partial charge in [0, 0.05) is 27.1 Å². The van der Waals surface area contributed by atoms with Gasteiger partial charge < -0.3 is 16.0 Å². The number of carbonyl (C=O) groups is 3. The zero-order valence-electron chi connectivity index (χ0n) is 24.9. The number of amides is 3. The van der Waals surface area contributed by atoms with Gasteiger partial charge >= 0.3 is 0 Å². The highest BCUT2D eigenvalue weighted by molar-refractivity contribution is 8.00. The Kier molecular flexibility index (Phi) is 10.8. The van der Waals surface area contributed by atoms with Crippen molar-refractivity contribution in [3.63, 3.8) is 0 Å². The van der Waals surface area contributed by atoms with Gasteiger partial charge in [0.25, 0.3) is 11.8 Å². The molecule has 0 aliphatic carbocycles. The van der Waals surface area contributed by atoms with Gasteiger partial charge in [0.2, 0.25) is 5.91 Å². The van der Waals surface area contributed by atoms with Crippen LogP contribution in [0.3, 0.4) is 0 Å². The smallest absolute Gasteiger partial charge is 0.272 e. The summed E-state index contributed by atoms with van der Waals surface area (Å²) in [6.45, 7) is 1.92. The van der Waals surface area contributed by atoms with Crippen molar-refractivity contribution in [3.8, 4) is 17.2 Å². The van der Waals surface area contributed by atoms with E-state index in [1.54, 1.807) is 48.5 Å². The molecule has 3 N–H and O–H groups in total. The molecule has 5 aromatic rings. The number of nitrogens with zero attached hydrogens (tertiary/aromatic N) is 1. The van der Waals surface area contributed by atoms with Gasteiger partial charge in [-0.25, -0.2) is 0 Å². The number of nitrogens with one attached hydrogen (secondary N) is 3. The monoisotopic (exact) mass is 642 g/mol. The molecule has 4 aromatic carbocycles. The molecule has 46 heavy (non-hydrogen) atoms. The number of thiophene rings is 1. The van der Waals surface area contributed by atoms with Crippen molar-refractivity contribution in [2.45, 2.75) is 23.5 Å². The number of nitriles is 1. The Morgan fingerprint density at radius 2 is 1.54 bits per heavy atom. The first kappa shape index (κ1) is 32.0. The fraction of sp³-hybridized carbons (Fsp3) is 0.0811. The van der Waals surface area contributed by atoms with Crippen molar-refractivity contribution in [2.75, 3.05) is 10.6 Å². The summed E-state index contributed by atoms with van der Waals surface area (Å²) >= 11 is 2.69. The van der Waals surface area contributed by atoms with E-state index in [2.05, 4.69) is 22.0 Å². The number of rotatable bonds is 11. The van der Waals surface area contributed by atoms with E-state index in [1.165, 1.54) is 23.1 Å². The van der Waals surface area contributed by atoms with E-state index in [1.807, 2.05) is 85.1 Å². The molecule has 0 aliphatic heterocycles. The summed E-state index contributed by atoms with van der Waals surface area (Å²) in [7, 11) is 0. The molecule has 9 heteroatoms. The maximum absolute atomic E-state index is 13.5. The van der Waals surface area contributed by atoms with Crippen LogP contribution in [0.5, 0.6) is 0 Å². The molecule has 0 saturated carbocycles. The fourth-order valence-corrected chi connectivity index (χ4v) is 6.51. The van der Waals surface area contributed by atoms with Gasteiger partial charge in [-0.2, -0.15) is 5.26 Å². The van der Waals surface area contributed by atoms with E-state index < -0.39 is 17.1 Å². The molecule has 0 radical (unpaired) electrons. The van der Waals surface area contributed by atoms with Crippen LogP contribution in [-0.4, -0.2) is 23.0 Å². The molecule has 0 fully saturated rings. The minimum absolute atomic E-state index is 0.0861. The van der Waals surface area contributed by atoms with Gasteiger partial charge in [-0.05, 0) is 54.0 Å². The third-order valence-electron chi connectivity index (χ3n) is 6.90. The minimum atomic E-state index is -0.490. The number of hydrogen-bond acceptors (Lipinski definition) is 6. The second-order valence-electron chi connectivity index (χ2n) is 10.1. The number of hydrogen-bond donors (Lipinski definition) is 3. The summed E-state index contributed by atoms with van der Waals surface area (Å²) in [5.41, 5.74) is 3.91. The first-order chi connectivity index (χ1) is 22.4. The van der Waals surface area contributed by atoms with Crippen LogP contribution < -0.4 is 16.0 Å². The SMILES string of the molecule is CCC(Sc1cccc(NC(=O)/C(=C/c2ccccc2)NC(=O)c2ccccc2)c1)C(=O)Nc1scc(-c2ccccc2)c1C#N. The van der Waals surface area contributed by atoms with Crippen molar-refractivity contribution in [1.82, 2.24) is 5.32 Å². The summed E-state index contributed by atoms with van der Waals surface area (Å²) in [4.78, 5) is 40.5. The molecule has 1 aromatic heterocycles. The van der Waals surface area contributed by atoms with Gasteiger partial charge in [0.05, 0.1) is 10.8 Å². The lowest BCUT2D eigenvalue weighted by molar-refractivity contribution is -0.116. The van der Waals surface area contributed by atoms with Crippen LogP contribution in [0.15, 0.2) is 131 Å². The normalized spacial score (nSPS) is 11.6. The largest absolute Gasteiger partial charge is 0.321 e. The second kappa shape index (κ2) is 15.5. The van der Waals surface area contributed by atoms with Crippen molar-refractivity contribution >= 4 is 57.6 Å². The first-order valence-corrected chi connectivity index (χ1v) is 16.3. The molecule has 1 unspecified atom stereocenters. The number of benzene rings is 4. The van der Waals surface area contributed by atoms with Crippen LogP contribution in [-0.2, 0) is 9.59 Å². The van der Waals surface area contributed by atoms with E-state index in [4.69, 9.17) is 0 Å². The predicted molar refractivity (Wildman–Crippen MR) is 186 cm³/mol. The average molecular weight is 643 g/mol. The number of carbonyl (C=O) groups excluding carboxylic acids is 3. The highest BCUT2D eigenvalue weighted by Crippen LogP contribution is 2.36. The van der Waals surface area contributed by atoms with Gasteiger partial charge in [-0.15, -0.1) is 23.1 Å². The Hall–Kier alpha value is -5.43. The van der Waals surface area contributed by atoms with Crippen molar-refractivity contribution in [2.24, 2.45) is 0 Å². The Bertz CT molecular complexity index is 1900. The predicted octanol–water partition coefficient (Wildman–Crippen LogP) is 8.21. The van der Waals surface area contributed by atoms with Crippen LogP contribution >= 0.6 is 23.1 Å². The summed E-state index contributed by atoms with van der Waals surface area (Å²) in [5.74, 6) is -1.10. The highest BCUT2D eigenvalue weighted by atomic mass is 32.2. The molecule has 0 aliphatic rings. The van der Waals surface area contributed by atoms with Gasteiger partial charge in [0.1, 0.15) is 16.8 Å². The van der Waals surface area contributed by atoms with Gasteiger partial charge in [-0.1, -0.05) is 91.9 Å². The molecule has 1 heterocycles. The number of anilines is 2. The van der Waals surface area contributed by atoms with Crippen LogP contribution in [0.2, 0.25) is 0 Å². The van der Waals surface area contributed by atoms with Crippen molar-refractivity contribution in [1.29, 1.82) is 5.26 Å². The Balaban J connectivity index is 1.29. The quantitative estimate of drug-likeness (QED) is 0.0994. The lowest BCUT2D eigenvalue weighted by Gasteiger charge is -2.16. The lowest BCUT2D eigenvalue weighted by atomic mass is 10.1.